The van der Waals surface area contributed by atoms with Gasteiger partial charge < -0.3 is 9.88 Å². The van der Waals surface area contributed by atoms with E-state index in [1.807, 2.05) is 32.0 Å². The minimum atomic E-state index is -4.64. The molecule has 1 N–H and O–H groups in total. The Balaban J connectivity index is 1.81. The van der Waals surface area contributed by atoms with Crippen LogP contribution in [0.2, 0.25) is 0 Å². The first kappa shape index (κ1) is 20.4. The van der Waals surface area contributed by atoms with E-state index in [0.29, 0.717) is 6.54 Å². The Morgan fingerprint density at radius 2 is 1.69 bits per heavy atom. The molecule has 0 aliphatic heterocycles. The summed E-state index contributed by atoms with van der Waals surface area (Å²) in [5.74, 6) is -2.03. The molecule has 1 aromatic heterocycles. The number of rotatable bonds is 5. The molecule has 0 unspecified atom stereocenters. The third kappa shape index (κ3) is 4.56. The minimum absolute atomic E-state index is 0.102. The average Bonchev–Trinajstić information content (AvgIpc) is 3.11. The van der Waals surface area contributed by atoms with Crippen LogP contribution in [-0.2, 0) is 17.5 Å². The van der Waals surface area contributed by atoms with E-state index >= 15 is 0 Å². The molecule has 0 fully saturated rings. The number of amides is 1. The van der Waals surface area contributed by atoms with Crippen molar-refractivity contribution in [1.82, 2.24) is 4.57 Å². The fourth-order valence-corrected chi connectivity index (χ4v) is 2.99. The molecule has 0 saturated carbocycles. The molecule has 0 atom stereocenters. The Hall–Kier alpha value is -3.35. The lowest BCUT2D eigenvalue weighted by Crippen LogP contribution is -2.26. The standard InChI is InChI=1S/C22H19F3N2O2/c1-14-9-10-16(12-15(14)2)13-27-11-5-8-19(27)20(28)21(29)26-18-7-4-3-6-17(18)22(23,24)25/h3-12H,13H2,1-2H3,(H,26,29). The molecule has 0 saturated heterocycles. The average molecular weight is 400 g/mol. The van der Waals surface area contributed by atoms with Crippen LogP contribution in [0.3, 0.4) is 0 Å². The molecule has 0 spiro atoms. The smallest absolute Gasteiger partial charge is 0.340 e. The SMILES string of the molecule is Cc1ccc(Cn2cccc2C(=O)C(=O)Nc2ccccc2C(F)(F)F)cc1C. The number of carbonyl (C=O) groups excluding carboxylic acids is 2. The lowest BCUT2D eigenvalue weighted by Gasteiger charge is -2.14. The van der Waals surface area contributed by atoms with Gasteiger partial charge in [0.25, 0.3) is 11.7 Å². The van der Waals surface area contributed by atoms with Crippen molar-refractivity contribution in [3.63, 3.8) is 0 Å². The van der Waals surface area contributed by atoms with Crippen molar-refractivity contribution in [3.05, 3.63) is 88.7 Å². The predicted molar refractivity (Wildman–Crippen MR) is 104 cm³/mol. The molecule has 0 radical (unpaired) electrons. The van der Waals surface area contributed by atoms with Crippen LogP contribution in [0.25, 0.3) is 0 Å². The molecule has 0 bridgehead atoms. The van der Waals surface area contributed by atoms with Crippen LogP contribution in [0.4, 0.5) is 18.9 Å². The van der Waals surface area contributed by atoms with Gasteiger partial charge in [-0.3, -0.25) is 9.59 Å². The number of para-hydroxylation sites is 1. The van der Waals surface area contributed by atoms with E-state index in [2.05, 4.69) is 5.32 Å². The molecule has 1 amide bonds. The van der Waals surface area contributed by atoms with Gasteiger partial charge in [0.05, 0.1) is 16.9 Å². The number of benzene rings is 2. The summed E-state index contributed by atoms with van der Waals surface area (Å²) in [4.78, 5) is 24.9. The van der Waals surface area contributed by atoms with Crippen LogP contribution in [0.1, 0.15) is 32.7 Å². The first-order valence-electron chi connectivity index (χ1n) is 8.90. The number of nitrogens with zero attached hydrogens (tertiary/aromatic N) is 1. The second-order valence-corrected chi connectivity index (χ2v) is 6.77. The van der Waals surface area contributed by atoms with Crippen LogP contribution < -0.4 is 5.32 Å². The summed E-state index contributed by atoms with van der Waals surface area (Å²) in [5, 5.41) is 2.09. The maximum atomic E-state index is 13.1. The number of halogens is 3. The van der Waals surface area contributed by atoms with E-state index in [-0.39, 0.29) is 5.69 Å². The lowest BCUT2D eigenvalue weighted by atomic mass is 10.1. The zero-order valence-electron chi connectivity index (χ0n) is 15.9. The highest BCUT2D eigenvalue weighted by Gasteiger charge is 2.34. The Morgan fingerprint density at radius 1 is 0.966 bits per heavy atom. The number of Topliss-reactive ketones (excluding diaryl/α,β-unsaturated/α-hetero) is 1. The molecule has 1 heterocycles. The molecular weight excluding hydrogens is 381 g/mol. The van der Waals surface area contributed by atoms with Crippen molar-refractivity contribution >= 4 is 17.4 Å². The van der Waals surface area contributed by atoms with Crippen LogP contribution in [0.5, 0.6) is 0 Å². The van der Waals surface area contributed by atoms with Crippen LogP contribution >= 0.6 is 0 Å². The van der Waals surface area contributed by atoms with Crippen LogP contribution in [0.15, 0.2) is 60.8 Å². The van der Waals surface area contributed by atoms with E-state index in [1.165, 1.54) is 18.2 Å². The maximum absolute atomic E-state index is 13.1. The molecule has 4 nitrogen and oxygen atoms in total. The molecule has 0 aliphatic carbocycles. The summed E-state index contributed by atoms with van der Waals surface area (Å²) in [6, 6.07) is 13.5. The van der Waals surface area contributed by atoms with E-state index < -0.39 is 29.1 Å². The van der Waals surface area contributed by atoms with Gasteiger partial charge in [-0.25, -0.2) is 0 Å². The highest BCUT2D eigenvalue weighted by atomic mass is 19.4. The summed E-state index contributed by atoms with van der Waals surface area (Å²) in [6.07, 6.45) is -2.99. The van der Waals surface area contributed by atoms with Gasteiger partial charge in [0.2, 0.25) is 0 Å². The number of anilines is 1. The molecule has 7 heteroatoms. The summed E-state index contributed by atoms with van der Waals surface area (Å²) < 4.78 is 40.9. The van der Waals surface area contributed by atoms with E-state index in [4.69, 9.17) is 0 Å². The van der Waals surface area contributed by atoms with Crippen molar-refractivity contribution in [2.24, 2.45) is 0 Å². The van der Waals surface area contributed by atoms with Gasteiger partial charge in [0.1, 0.15) is 0 Å². The second kappa shape index (κ2) is 7.95. The summed E-state index contributed by atoms with van der Waals surface area (Å²) in [5.41, 5.74) is 1.83. The first-order chi connectivity index (χ1) is 13.7. The predicted octanol–water partition coefficient (Wildman–Crippen LogP) is 4.99. The maximum Gasteiger partial charge on any atom is 0.418 e. The van der Waals surface area contributed by atoms with Gasteiger partial charge in [-0.1, -0.05) is 30.3 Å². The van der Waals surface area contributed by atoms with Crippen LogP contribution in [-0.4, -0.2) is 16.3 Å². The Morgan fingerprint density at radius 3 is 2.38 bits per heavy atom. The summed E-state index contributed by atoms with van der Waals surface area (Å²) in [6.45, 7) is 4.33. The Labute approximate surface area is 166 Å². The monoisotopic (exact) mass is 400 g/mol. The third-order valence-corrected chi connectivity index (χ3v) is 4.67. The molecule has 3 aromatic rings. The van der Waals surface area contributed by atoms with Gasteiger partial charge in [-0.05, 0) is 54.8 Å². The largest absolute Gasteiger partial charge is 0.418 e. The van der Waals surface area contributed by atoms with E-state index in [1.54, 1.807) is 16.8 Å². The van der Waals surface area contributed by atoms with Gasteiger partial charge >= 0.3 is 6.18 Å². The number of carbonyl (C=O) groups is 2. The fraction of sp³-hybridized carbons (Fsp3) is 0.182. The highest BCUT2D eigenvalue weighted by Crippen LogP contribution is 2.34. The number of aryl methyl sites for hydroxylation is 2. The molecule has 3 rings (SSSR count). The van der Waals surface area contributed by atoms with Gasteiger partial charge in [-0.2, -0.15) is 13.2 Å². The molecule has 150 valence electrons. The first-order valence-corrected chi connectivity index (χ1v) is 8.90. The van der Waals surface area contributed by atoms with Crippen LogP contribution in [0, 0.1) is 13.8 Å². The Bertz CT molecular complexity index is 1070. The van der Waals surface area contributed by atoms with Crippen molar-refractivity contribution in [2.45, 2.75) is 26.6 Å². The normalized spacial score (nSPS) is 11.3. The highest BCUT2D eigenvalue weighted by molar-refractivity contribution is 6.46. The topological polar surface area (TPSA) is 51.1 Å². The number of hydrogen-bond acceptors (Lipinski definition) is 2. The quantitative estimate of drug-likeness (QED) is 0.484. The number of ketones is 1. The van der Waals surface area contributed by atoms with Gasteiger partial charge in [0.15, 0.2) is 0 Å². The zero-order valence-corrected chi connectivity index (χ0v) is 15.9. The zero-order chi connectivity index (χ0) is 21.2. The number of hydrogen-bond donors (Lipinski definition) is 1. The molecule has 0 aliphatic rings. The van der Waals surface area contributed by atoms with Crippen molar-refractivity contribution in [1.29, 1.82) is 0 Å². The Kier molecular flexibility index (Phi) is 5.59. The third-order valence-electron chi connectivity index (χ3n) is 4.67. The fourth-order valence-electron chi connectivity index (χ4n) is 2.99. The molecular formula is C22H19F3N2O2. The number of nitrogens with one attached hydrogen (secondary N) is 1. The molecule has 29 heavy (non-hydrogen) atoms. The van der Waals surface area contributed by atoms with E-state index in [9.17, 15) is 22.8 Å². The van der Waals surface area contributed by atoms with Crippen molar-refractivity contribution in [2.75, 3.05) is 5.32 Å². The second-order valence-electron chi connectivity index (χ2n) is 6.77. The van der Waals surface area contributed by atoms with E-state index in [0.717, 1.165) is 28.8 Å². The molecule has 2 aromatic carbocycles. The van der Waals surface area contributed by atoms with Gasteiger partial charge in [-0.15, -0.1) is 0 Å². The van der Waals surface area contributed by atoms with Crippen molar-refractivity contribution < 1.29 is 22.8 Å². The number of alkyl halides is 3. The van der Waals surface area contributed by atoms with Crippen molar-refractivity contribution in [3.8, 4) is 0 Å². The minimum Gasteiger partial charge on any atom is -0.340 e. The van der Waals surface area contributed by atoms with Gasteiger partial charge in [0, 0.05) is 12.7 Å². The summed E-state index contributed by atoms with van der Waals surface area (Å²) >= 11 is 0. The summed E-state index contributed by atoms with van der Waals surface area (Å²) in [7, 11) is 0. The lowest BCUT2D eigenvalue weighted by molar-refractivity contribution is -0.137. The number of aromatic nitrogens is 1.